The van der Waals surface area contributed by atoms with Crippen molar-refractivity contribution >= 4 is 15.5 Å². The van der Waals surface area contributed by atoms with E-state index in [4.69, 9.17) is 10.5 Å². The summed E-state index contributed by atoms with van der Waals surface area (Å²) in [6.07, 6.45) is 3.07. The Morgan fingerprint density at radius 3 is 2.62 bits per heavy atom. The molecule has 4 nitrogen and oxygen atoms in total. The van der Waals surface area contributed by atoms with E-state index in [-0.39, 0.29) is 10.6 Å². The first-order valence-corrected chi connectivity index (χ1v) is 7.07. The highest BCUT2D eigenvalue weighted by Gasteiger charge is 2.14. The Balaban J connectivity index is 2.96. The van der Waals surface area contributed by atoms with Crippen LogP contribution in [0.1, 0.15) is 19.8 Å². The van der Waals surface area contributed by atoms with E-state index in [0.717, 1.165) is 19.1 Å². The summed E-state index contributed by atoms with van der Waals surface area (Å²) in [5.74, 6) is 0.441. The van der Waals surface area contributed by atoms with Crippen LogP contribution >= 0.6 is 0 Å². The summed E-state index contributed by atoms with van der Waals surface area (Å²) in [6.45, 7) is 2.60. The molecule has 0 spiro atoms. The van der Waals surface area contributed by atoms with Crippen LogP contribution in [0.2, 0.25) is 0 Å². The van der Waals surface area contributed by atoms with Crippen LogP contribution in [-0.2, 0) is 9.84 Å². The van der Waals surface area contributed by atoms with Gasteiger partial charge < -0.3 is 10.5 Å². The standard InChI is InChI=1S/C11H17NO3S/c1-3-4-8-15-9-6-5-7-10(11(9)12)16(2,13)14/h5-7H,3-4,8,12H2,1-2H3. The second-order valence-corrected chi connectivity index (χ2v) is 5.63. The van der Waals surface area contributed by atoms with Crippen LogP contribution in [-0.4, -0.2) is 21.3 Å². The molecule has 2 N–H and O–H groups in total. The number of rotatable bonds is 5. The highest BCUT2D eigenvalue weighted by atomic mass is 32.2. The first-order valence-electron chi connectivity index (χ1n) is 5.18. The molecule has 0 fully saturated rings. The number of ether oxygens (including phenoxy) is 1. The molecule has 1 aromatic carbocycles. The first-order chi connectivity index (χ1) is 7.46. The fourth-order valence-electron chi connectivity index (χ4n) is 1.30. The minimum atomic E-state index is -3.29. The van der Waals surface area contributed by atoms with Gasteiger partial charge in [0.15, 0.2) is 9.84 Å². The Labute approximate surface area is 96.3 Å². The zero-order chi connectivity index (χ0) is 12.2. The van der Waals surface area contributed by atoms with Crippen LogP contribution in [0.3, 0.4) is 0 Å². The highest BCUT2D eigenvalue weighted by Crippen LogP contribution is 2.28. The molecule has 0 aromatic heterocycles. The third-order valence-corrected chi connectivity index (χ3v) is 3.34. The lowest BCUT2D eigenvalue weighted by molar-refractivity contribution is 0.310. The van der Waals surface area contributed by atoms with Gasteiger partial charge in [-0.15, -0.1) is 0 Å². The number of hydrogen-bond acceptors (Lipinski definition) is 4. The number of unbranched alkanes of at least 4 members (excludes halogenated alkanes) is 1. The molecule has 1 aromatic rings. The van der Waals surface area contributed by atoms with Crippen LogP contribution in [0.25, 0.3) is 0 Å². The van der Waals surface area contributed by atoms with Crippen molar-refractivity contribution < 1.29 is 13.2 Å². The van der Waals surface area contributed by atoms with Gasteiger partial charge >= 0.3 is 0 Å². The van der Waals surface area contributed by atoms with Crippen molar-refractivity contribution in [1.82, 2.24) is 0 Å². The SMILES string of the molecule is CCCCOc1cccc(S(C)(=O)=O)c1N. The van der Waals surface area contributed by atoms with Crippen molar-refractivity contribution in [2.75, 3.05) is 18.6 Å². The van der Waals surface area contributed by atoms with Crippen LogP contribution in [0.4, 0.5) is 5.69 Å². The number of nitrogens with two attached hydrogens (primary N) is 1. The Hall–Kier alpha value is -1.23. The van der Waals surface area contributed by atoms with Gasteiger partial charge in [0.2, 0.25) is 0 Å². The van der Waals surface area contributed by atoms with Gasteiger partial charge in [-0.3, -0.25) is 0 Å². The van der Waals surface area contributed by atoms with Crippen LogP contribution < -0.4 is 10.5 Å². The number of sulfone groups is 1. The van der Waals surface area contributed by atoms with Crippen LogP contribution in [0.5, 0.6) is 5.75 Å². The smallest absolute Gasteiger partial charge is 0.177 e. The van der Waals surface area contributed by atoms with Crippen molar-refractivity contribution in [1.29, 1.82) is 0 Å². The van der Waals surface area contributed by atoms with Crippen LogP contribution in [0, 0.1) is 0 Å². The maximum absolute atomic E-state index is 11.4. The molecule has 0 atom stereocenters. The normalized spacial score (nSPS) is 11.4. The van der Waals surface area contributed by atoms with Crippen molar-refractivity contribution in [2.45, 2.75) is 24.7 Å². The predicted molar refractivity (Wildman–Crippen MR) is 64.4 cm³/mol. The van der Waals surface area contributed by atoms with E-state index in [1.54, 1.807) is 12.1 Å². The third-order valence-electron chi connectivity index (χ3n) is 2.18. The average Bonchev–Trinajstić information content (AvgIpc) is 2.19. The Bertz CT molecular complexity index is 454. The van der Waals surface area contributed by atoms with Gasteiger partial charge in [-0.2, -0.15) is 0 Å². The molecular weight excluding hydrogens is 226 g/mol. The van der Waals surface area contributed by atoms with Gasteiger partial charge in [-0.05, 0) is 18.6 Å². The molecule has 0 aliphatic heterocycles. The second-order valence-electron chi connectivity index (χ2n) is 3.64. The molecule has 5 heteroatoms. The maximum Gasteiger partial charge on any atom is 0.177 e. The van der Waals surface area contributed by atoms with E-state index in [1.165, 1.54) is 6.07 Å². The molecule has 0 bridgehead atoms. The van der Waals surface area contributed by atoms with E-state index >= 15 is 0 Å². The predicted octanol–water partition coefficient (Wildman–Crippen LogP) is 1.85. The Kier molecular flexibility index (Phi) is 4.18. The number of anilines is 1. The Morgan fingerprint density at radius 2 is 2.06 bits per heavy atom. The molecule has 0 unspecified atom stereocenters. The number of hydrogen-bond donors (Lipinski definition) is 1. The number of nitrogen functional groups attached to an aromatic ring is 1. The number of benzene rings is 1. The molecule has 0 aliphatic rings. The first kappa shape index (κ1) is 12.8. The summed E-state index contributed by atoms with van der Waals surface area (Å²) in [4.78, 5) is 0.126. The van der Waals surface area contributed by atoms with Gasteiger partial charge in [0, 0.05) is 6.26 Å². The Morgan fingerprint density at radius 1 is 1.38 bits per heavy atom. The second kappa shape index (κ2) is 5.21. The van der Waals surface area contributed by atoms with Gasteiger partial charge in [0.25, 0.3) is 0 Å². The summed E-state index contributed by atoms with van der Waals surface area (Å²) in [7, 11) is -3.29. The quantitative estimate of drug-likeness (QED) is 0.633. The molecule has 0 aliphatic carbocycles. The molecular formula is C11H17NO3S. The van der Waals surface area contributed by atoms with Crippen molar-refractivity contribution in [2.24, 2.45) is 0 Å². The maximum atomic E-state index is 11.4. The minimum absolute atomic E-state index is 0.126. The van der Waals surface area contributed by atoms with E-state index in [2.05, 4.69) is 6.92 Å². The van der Waals surface area contributed by atoms with Crippen LogP contribution in [0.15, 0.2) is 23.1 Å². The average molecular weight is 243 g/mol. The lowest BCUT2D eigenvalue weighted by atomic mass is 10.3. The van der Waals surface area contributed by atoms with Gasteiger partial charge in [0.05, 0.1) is 17.2 Å². The topological polar surface area (TPSA) is 69.4 Å². The molecule has 0 heterocycles. The molecule has 1 rings (SSSR count). The summed E-state index contributed by atoms with van der Waals surface area (Å²) in [5.41, 5.74) is 5.94. The zero-order valence-electron chi connectivity index (χ0n) is 9.56. The largest absolute Gasteiger partial charge is 0.491 e. The fraction of sp³-hybridized carbons (Fsp3) is 0.455. The molecule has 0 radical (unpaired) electrons. The third kappa shape index (κ3) is 3.13. The van der Waals surface area contributed by atoms with Gasteiger partial charge in [0.1, 0.15) is 5.75 Å². The minimum Gasteiger partial charge on any atom is -0.491 e. The molecule has 0 saturated heterocycles. The highest BCUT2D eigenvalue weighted by molar-refractivity contribution is 7.90. The van der Waals surface area contributed by atoms with Crippen molar-refractivity contribution in [3.63, 3.8) is 0 Å². The van der Waals surface area contributed by atoms with Crippen molar-refractivity contribution in [3.05, 3.63) is 18.2 Å². The molecule has 16 heavy (non-hydrogen) atoms. The fourth-order valence-corrected chi connectivity index (χ4v) is 2.13. The van der Waals surface area contributed by atoms with E-state index in [9.17, 15) is 8.42 Å². The number of para-hydroxylation sites is 1. The van der Waals surface area contributed by atoms with E-state index in [1.807, 2.05) is 0 Å². The monoisotopic (exact) mass is 243 g/mol. The van der Waals surface area contributed by atoms with Crippen molar-refractivity contribution in [3.8, 4) is 5.75 Å². The van der Waals surface area contributed by atoms with E-state index in [0.29, 0.717) is 12.4 Å². The zero-order valence-corrected chi connectivity index (χ0v) is 10.4. The summed E-state index contributed by atoms with van der Waals surface area (Å²) < 4.78 is 28.2. The van der Waals surface area contributed by atoms with E-state index < -0.39 is 9.84 Å². The lowest BCUT2D eigenvalue weighted by Crippen LogP contribution is -2.06. The van der Waals surface area contributed by atoms with Gasteiger partial charge in [-0.25, -0.2) is 8.42 Å². The van der Waals surface area contributed by atoms with Gasteiger partial charge in [-0.1, -0.05) is 19.4 Å². The summed E-state index contributed by atoms with van der Waals surface area (Å²) in [6, 6.07) is 4.80. The molecule has 90 valence electrons. The summed E-state index contributed by atoms with van der Waals surface area (Å²) in [5, 5.41) is 0. The molecule has 0 amide bonds. The molecule has 0 saturated carbocycles. The lowest BCUT2D eigenvalue weighted by Gasteiger charge is -2.10. The summed E-state index contributed by atoms with van der Waals surface area (Å²) >= 11 is 0.